The molecule has 2 amide bonds. The van der Waals surface area contributed by atoms with Gasteiger partial charge in [0.15, 0.2) is 0 Å². The van der Waals surface area contributed by atoms with Crippen LogP contribution < -0.4 is 10.9 Å². The summed E-state index contributed by atoms with van der Waals surface area (Å²) in [6.07, 6.45) is 1.61. The monoisotopic (exact) mass is 538 g/mol. The van der Waals surface area contributed by atoms with Gasteiger partial charge in [-0.3, -0.25) is 19.0 Å². The predicted octanol–water partition coefficient (Wildman–Crippen LogP) is 3.56. The Balaban J connectivity index is 1.60. The number of pyridine rings is 2. The Hall–Kier alpha value is -3.79. The van der Waals surface area contributed by atoms with Gasteiger partial charge in [-0.05, 0) is 30.7 Å². The third-order valence-electron chi connectivity index (χ3n) is 6.81. The molecule has 11 heteroatoms. The van der Waals surface area contributed by atoms with Crippen LogP contribution in [0.25, 0.3) is 22.1 Å². The van der Waals surface area contributed by atoms with Crippen LogP contribution in [0.3, 0.4) is 0 Å². The highest BCUT2D eigenvalue weighted by Crippen LogP contribution is 2.28. The first kappa shape index (κ1) is 25.8. The van der Waals surface area contributed by atoms with Crippen LogP contribution in [-0.2, 0) is 24.9 Å². The van der Waals surface area contributed by atoms with Gasteiger partial charge in [-0.15, -0.1) is 0 Å². The van der Waals surface area contributed by atoms with E-state index >= 15 is 0 Å². The summed E-state index contributed by atoms with van der Waals surface area (Å²) < 4.78 is 17.1. The fourth-order valence-corrected chi connectivity index (χ4v) is 4.96. The van der Waals surface area contributed by atoms with Crippen molar-refractivity contribution in [3.05, 3.63) is 68.9 Å². The van der Waals surface area contributed by atoms with Gasteiger partial charge in [0.25, 0.3) is 11.5 Å². The number of fused-ring (bicyclic) bond motifs is 3. The lowest BCUT2D eigenvalue weighted by molar-refractivity contribution is -0.144. The molecular weight excluding hydrogens is 511 g/mol. The van der Waals surface area contributed by atoms with E-state index < -0.39 is 23.0 Å². The quantitative estimate of drug-likeness (QED) is 0.404. The minimum absolute atomic E-state index is 0.0462. The maximum absolute atomic E-state index is 14.0. The Labute approximate surface area is 223 Å². The van der Waals surface area contributed by atoms with Crippen LogP contribution in [0.4, 0.5) is 4.39 Å². The van der Waals surface area contributed by atoms with Gasteiger partial charge in [0.1, 0.15) is 34.8 Å². The molecule has 0 atom stereocenters. The molecule has 9 nitrogen and oxygen atoms in total. The van der Waals surface area contributed by atoms with E-state index in [0.29, 0.717) is 15.9 Å². The van der Waals surface area contributed by atoms with Gasteiger partial charge in [-0.1, -0.05) is 37.6 Å². The number of hydrogen-bond donors (Lipinski definition) is 1. The number of aromatic nitrogens is 4. The molecule has 5 rings (SSSR count). The fraction of sp³-hybridized carbons (Fsp3) is 0.370. The third kappa shape index (κ3) is 4.64. The molecule has 0 bridgehead atoms. The van der Waals surface area contributed by atoms with Crippen molar-refractivity contribution in [2.24, 2.45) is 7.05 Å². The highest BCUT2D eigenvalue weighted by Gasteiger charge is 2.41. The van der Waals surface area contributed by atoms with E-state index in [1.165, 1.54) is 22.5 Å². The highest BCUT2D eigenvalue weighted by atomic mass is 35.5. The number of nitrogens with one attached hydrogen (secondary N) is 1. The summed E-state index contributed by atoms with van der Waals surface area (Å²) in [5.41, 5.74) is 0.121. The lowest BCUT2D eigenvalue weighted by Gasteiger charge is -2.42. The van der Waals surface area contributed by atoms with Crippen LogP contribution in [0.1, 0.15) is 48.4 Å². The average Bonchev–Trinajstić information content (AvgIpc) is 3.20. The van der Waals surface area contributed by atoms with Crippen LogP contribution in [0.5, 0.6) is 0 Å². The van der Waals surface area contributed by atoms with Crippen molar-refractivity contribution < 1.29 is 14.0 Å². The Kier molecular flexibility index (Phi) is 6.46. The SMILES string of the molecule is CC(C)c1nc2c3cc(C(=O)NCc4ccc(Cl)cc4)c(=O)n(CC(=O)N4CC(C)(F)C4)c3ncc2n1C. The van der Waals surface area contributed by atoms with Gasteiger partial charge in [-0.25, -0.2) is 14.4 Å². The van der Waals surface area contributed by atoms with Gasteiger partial charge in [0.2, 0.25) is 5.91 Å². The number of nitrogens with zero attached hydrogens (tertiary/aromatic N) is 5. The largest absolute Gasteiger partial charge is 0.348 e. The fourth-order valence-electron chi connectivity index (χ4n) is 4.84. The van der Waals surface area contributed by atoms with Crippen molar-refractivity contribution in [2.75, 3.05) is 13.1 Å². The van der Waals surface area contributed by atoms with Gasteiger partial charge in [0.05, 0.1) is 24.8 Å². The average molecular weight is 539 g/mol. The number of rotatable bonds is 6. The number of benzene rings is 1. The first-order valence-corrected chi connectivity index (χ1v) is 12.7. The molecular formula is C27H28ClFN6O3. The summed E-state index contributed by atoms with van der Waals surface area (Å²) in [7, 11) is 1.88. The summed E-state index contributed by atoms with van der Waals surface area (Å²) in [5, 5.41) is 3.83. The highest BCUT2D eigenvalue weighted by molar-refractivity contribution is 6.30. The molecule has 198 valence electrons. The second-order valence-corrected chi connectivity index (χ2v) is 10.8. The maximum atomic E-state index is 14.0. The Morgan fingerprint density at radius 3 is 2.53 bits per heavy atom. The molecule has 1 aromatic carbocycles. The van der Waals surface area contributed by atoms with Crippen molar-refractivity contribution in [1.82, 2.24) is 29.3 Å². The smallest absolute Gasteiger partial charge is 0.265 e. The van der Waals surface area contributed by atoms with Gasteiger partial charge >= 0.3 is 0 Å². The predicted molar refractivity (Wildman–Crippen MR) is 143 cm³/mol. The standard InChI is InChI=1S/C27H28ClFN6O3/c1-15(2)23-32-22-18-9-19(25(37)31-10-16-5-7-17(28)8-6-16)26(38)35(24(18)30-11-20(22)33(23)4)12-21(36)34-13-27(3,29)14-34/h5-9,11,15H,10,12-14H2,1-4H3,(H,31,37). The zero-order valence-corrected chi connectivity index (χ0v) is 22.3. The third-order valence-corrected chi connectivity index (χ3v) is 7.07. The molecule has 1 aliphatic heterocycles. The number of amides is 2. The van der Waals surface area contributed by atoms with Crippen LogP contribution in [0, 0.1) is 0 Å². The second kappa shape index (κ2) is 9.50. The normalized spacial score (nSPS) is 14.8. The Morgan fingerprint density at radius 2 is 1.89 bits per heavy atom. The van der Waals surface area contributed by atoms with E-state index in [9.17, 15) is 18.8 Å². The molecule has 0 unspecified atom stereocenters. The number of halogens is 2. The summed E-state index contributed by atoms with van der Waals surface area (Å²) in [6.45, 7) is 5.19. The zero-order valence-electron chi connectivity index (χ0n) is 21.6. The first-order chi connectivity index (χ1) is 17.9. The molecule has 1 N–H and O–H groups in total. The number of likely N-dealkylation sites (tertiary alicyclic amines) is 1. The molecule has 1 fully saturated rings. The molecule has 1 aliphatic rings. The van der Waals surface area contributed by atoms with Crippen molar-refractivity contribution in [2.45, 2.75) is 45.4 Å². The summed E-state index contributed by atoms with van der Waals surface area (Å²) in [5.74, 6) is -0.0726. The van der Waals surface area contributed by atoms with Crippen LogP contribution in [-0.4, -0.2) is 54.6 Å². The van der Waals surface area contributed by atoms with Crippen molar-refractivity contribution in [3.8, 4) is 0 Å². The molecule has 0 saturated carbocycles. The molecule has 4 aromatic rings. The van der Waals surface area contributed by atoms with E-state index in [4.69, 9.17) is 16.6 Å². The molecule has 3 aromatic heterocycles. The molecule has 0 spiro atoms. The summed E-state index contributed by atoms with van der Waals surface area (Å²) in [4.78, 5) is 50.4. The molecule has 38 heavy (non-hydrogen) atoms. The van der Waals surface area contributed by atoms with Crippen LogP contribution in [0.2, 0.25) is 5.02 Å². The number of aryl methyl sites for hydroxylation is 1. The zero-order chi connectivity index (χ0) is 27.4. The van der Waals surface area contributed by atoms with Crippen molar-refractivity contribution in [3.63, 3.8) is 0 Å². The minimum Gasteiger partial charge on any atom is -0.348 e. The van der Waals surface area contributed by atoms with Gasteiger partial charge in [0, 0.05) is 29.9 Å². The van der Waals surface area contributed by atoms with E-state index in [-0.39, 0.29) is 43.3 Å². The van der Waals surface area contributed by atoms with E-state index in [0.717, 1.165) is 16.9 Å². The summed E-state index contributed by atoms with van der Waals surface area (Å²) in [6, 6.07) is 8.47. The van der Waals surface area contributed by atoms with Gasteiger partial charge < -0.3 is 14.8 Å². The van der Waals surface area contributed by atoms with Crippen molar-refractivity contribution in [1.29, 1.82) is 0 Å². The number of carbonyl (C=O) groups is 2. The number of alkyl halides is 1. The van der Waals surface area contributed by atoms with Crippen LogP contribution in [0.15, 0.2) is 41.3 Å². The summed E-state index contributed by atoms with van der Waals surface area (Å²) >= 11 is 5.94. The van der Waals surface area contributed by atoms with Gasteiger partial charge in [-0.2, -0.15) is 0 Å². The Bertz CT molecular complexity index is 1630. The van der Waals surface area contributed by atoms with Crippen LogP contribution >= 0.6 is 11.6 Å². The number of hydrogen-bond acceptors (Lipinski definition) is 5. The minimum atomic E-state index is -1.45. The first-order valence-electron chi connectivity index (χ1n) is 12.3. The number of carbonyl (C=O) groups excluding carboxylic acids is 2. The topological polar surface area (TPSA) is 102 Å². The second-order valence-electron chi connectivity index (χ2n) is 10.3. The molecule has 0 radical (unpaired) electrons. The lowest BCUT2D eigenvalue weighted by atomic mass is 9.99. The van der Waals surface area contributed by atoms with E-state index in [1.807, 2.05) is 25.5 Å². The van der Waals surface area contributed by atoms with E-state index in [2.05, 4.69) is 10.3 Å². The molecule has 0 aliphatic carbocycles. The van der Waals surface area contributed by atoms with Crippen molar-refractivity contribution >= 4 is 45.5 Å². The maximum Gasteiger partial charge on any atom is 0.265 e. The number of imidazole rings is 1. The Morgan fingerprint density at radius 1 is 1.21 bits per heavy atom. The molecule has 4 heterocycles. The van der Waals surface area contributed by atoms with E-state index in [1.54, 1.807) is 30.5 Å². The lowest BCUT2D eigenvalue weighted by Crippen LogP contribution is -2.60. The molecule has 1 saturated heterocycles.